The van der Waals surface area contributed by atoms with E-state index in [9.17, 15) is 9.59 Å². The fourth-order valence-electron chi connectivity index (χ4n) is 1.98. The summed E-state index contributed by atoms with van der Waals surface area (Å²) >= 11 is 0. The molecule has 98 valence electrons. The Hall–Kier alpha value is -1.06. The Morgan fingerprint density at radius 3 is 2.59 bits per heavy atom. The molecule has 1 N–H and O–H groups in total. The Morgan fingerprint density at radius 2 is 2.06 bits per heavy atom. The summed E-state index contributed by atoms with van der Waals surface area (Å²) in [5.74, 6) is 0.615. The second-order valence-corrected chi connectivity index (χ2v) is 5.46. The molecule has 0 spiro atoms. The first-order chi connectivity index (χ1) is 7.89. The summed E-state index contributed by atoms with van der Waals surface area (Å²) in [6, 6.07) is 0. The van der Waals surface area contributed by atoms with Crippen LogP contribution in [0.25, 0.3) is 0 Å². The minimum absolute atomic E-state index is 0.0188. The van der Waals surface area contributed by atoms with Gasteiger partial charge in [0.2, 0.25) is 11.8 Å². The standard InChI is InChI=1S/C13H24N2O2/c1-5-13(4)12(17)15(8-6-10(2)3)9-7-11(16)14-13/h10H,5-9H2,1-4H3,(H,14,16). The van der Waals surface area contributed by atoms with Crippen molar-refractivity contribution in [3.8, 4) is 0 Å². The Kier molecular flexibility index (Phi) is 4.54. The van der Waals surface area contributed by atoms with Gasteiger partial charge in [0, 0.05) is 19.5 Å². The van der Waals surface area contributed by atoms with E-state index in [-0.39, 0.29) is 11.8 Å². The van der Waals surface area contributed by atoms with E-state index in [0.717, 1.165) is 13.0 Å². The Morgan fingerprint density at radius 1 is 1.41 bits per heavy atom. The van der Waals surface area contributed by atoms with Crippen molar-refractivity contribution < 1.29 is 9.59 Å². The molecule has 4 nitrogen and oxygen atoms in total. The molecule has 0 aromatic rings. The maximum atomic E-state index is 12.4. The highest BCUT2D eigenvalue weighted by Crippen LogP contribution is 2.18. The summed E-state index contributed by atoms with van der Waals surface area (Å²) in [5, 5.41) is 2.84. The van der Waals surface area contributed by atoms with Gasteiger partial charge < -0.3 is 10.2 Å². The van der Waals surface area contributed by atoms with Crippen LogP contribution in [0.1, 0.15) is 47.0 Å². The summed E-state index contributed by atoms with van der Waals surface area (Å²) in [5.41, 5.74) is -0.718. The van der Waals surface area contributed by atoms with Gasteiger partial charge in [-0.15, -0.1) is 0 Å². The Bertz CT molecular complexity index is 302. The van der Waals surface area contributed by atoms with E-state index in [1.807, 2.05) is 18.7 Å². The van der Waals surface area contributed by atoms with Gasteiger partial charge >= 0.3 is 0 Å². The van der Waals surface area contributed by atoms with Crippen molar-refractivity contribution in [3.05, 3.63) is 0 Å². The lowest BCUT2D eigenvalue weighted by molar-refractivity contribution is -0.138. The minimum atomic E-state index is -0.718. The first-order valence-corrected chi connectivity index (χ1v) is 6.49. The lowest BCUT2D eigenvalue weighted by Gasteiger charge is -2.31. The van der Waals surface area contributed by atoms with Gasteiger partial charge in [-0.3, -0.25) is 9.59 Å². The van der Waals surface area contributed by atoms with Gasteiger partial charge in [0.15, 0.2) is 0 Å². The lowest BCUT2D eigenvalue weighted by Crippen LogP contribution is -2.54. The smallest absolute Gasteiger partial charge is 0.248 e. The van der Waals surface area contributed by atoms with Crippen molar-refractivity contribution in [3.63, 3.8) is 0 Å². The molecule has 1 rings (SSSR count). The van der Waals surface area contributed by atoms with Crippen LogP contribution in [-0.2, 0) is 9.59 Å². The highest BCUT2D eigenvalue weighted by atomic mass is 16.2. The quantitative estimate of drug-likeness (QED) is 0.810. The molecule has 0 saturated carbocycles. The fourth-order valence-corrected chi connectivity index (χ4v) is 1.98. The topological polar surface area (TPSA) is 49.4 Å². The summed E-state index contributed by atoms with van der Waals surface area (Å²) in [6.45, 7) is 9.34. The van der Waals surface area contributed by atoms with E-state index in [1.165, 1.54) is 0 Å². The third kappa shape index (κ3) is 3.45. The largest absolute Gasteiger partial charge is 0.342 e. The van der Waals surface area contributed by atoms with Crippen molar-refractivity contribution in [2.24, 2.45) is 5.92 Å². The minimum Gasteiger partial charge on any atom is -0.342 e. The monoisotopic (exact) mass is 240 g/mol. The molecule has 4 heteroatoms. The van der Waals surface area contributed by atoms with E-state index in [0.29, 0.717) is 25.3 Å². The third-order valence-electron chi connectivity index (χ3n) is 3.47. The molecule has 0 bridgehead atoms. The molecule has 0 radical (unpaired) electrons. The second kappa shape index (κ2) is 5.52. The molecule has 1 aliphatic rings. The number of carbonyl (C=O) groups excluding carboxylic acids is 2. The normalized spacial score (nSPS) is 26.1. The molecular formula is C13H24N2O2. The molecule has 1 atom stereocenters. The predicted octanol–water partition coefficient (Wildman–Crippen LogP) is 1.55. The Balaban J connectivity index is 2.77. The highest BCUT2D eigenvalue weighted by Gasteiger charge is 2.38. The molecule has 2 amide bonds. The number of nitrogens with zero attached hydrogens (tertiary/aromatic N) is 1. The maximum absolute atomic E-state index is 12.4. The number of amides is 2. The summed E-state index contributed by atoms with van der Waals surface area (Å²) < 4.78 is 0. The SMILES string of the molecule is CCC1(C)NC(=O)CCN(CCC(C)C)C1=O. The number of hydrogen-bond donors (Lipinski definition) is 1. The van der Waals surface area contributed by atoms with Crippen molar-refractivity contribution in [1.29, 1.82) is 0 Å². The zero-order valence-electron chi connectivity index (χ0n) is 11.4. The van der Waals surface area contributed by atoms with Crippen LogP contribution >= 0.6 is 0 Å². The van der Waals surface area contributed by atoms with Crippen LogP contribution in [0.5, 0.6) is 0 Å². The van der Waals surface area contributed by atoms with Gasteiger partial charge in [0.25, 0.3) is 0 Å². The summed E-state index contributed by atoms with van der Waals surface area (Å²) in [4.78, 5) is 25.8. The number of rotatable bonds is 4. The van der Waals surface area contributed by atoms with Gasteiger partial charge in [-0.1, -0.05) is 20.8 Å². The van der Waals surface area contributed by atoms with Crippen LogP contribution < -0.4 is 5.32 Å². The van der Waals surface area contributed by atoms with E-state index < -0.39 is 5.54 Å². The van der Waals surface area contributed by atoms with Gasteiger partial charge in [0.05, 0.1) is 0 Å². The molecule has 0 aromatic heterocycles. The van der Waals surface area contributed by atoms with Crippen LogP contribution in [0.3, 0.4) is 0 Å². The third-order valence-corrected chi connectivity index (χ3v) is 3.47. The van der Waals surface area contributed by atoms with E-state index in [4.69, 9.17) is 0 Å². The molecule has 0 aliphatic carbocycles. The highest BCUT2D eigenvalue weighted by molar-refractivity contribution is 5.93. The van der Waals surface area contributed by atoms with Crippen LogP contribution in [0, 0.1) is 5.92 Å². The number of nitrogens with one attached hydrogen (secondary N) is 1. The van der Waals surface area contributed by atoms with Crippen molar-refractivity contribution in [2.45, 2.75) is 52.5 Å². The zero-order valence-corrected chi connectivity index (χ0v) is 11.4. The second-order valence-electron chi connectivity index (χ2n) is 5.46. The van der Waals surface area contributed by atoms with Gasteiger partial charge in [-0.05, 0) is 25.7 Å². The zero-order chi connectivity index (χ0) is 13.1. The van der Waals surface area contributed by atoms with Crippen LogP contribution in [0.2, 0.25) is 0 Å². The number of hydrogen-bond acceptors (Lipinski definition) is 2. The molecule has 0 aromatic carbocycles. The first-order valence-electron chi connectivity index (χ1n) is 6.49. The van der Waals surface area contributed by atoms with E-state index >= 15 is 0 Å². The fraction of sp³-hybridized carbons (Fsp3) is 0.846. The van der Waals surface area contributed by atoms with Crippen molar-refractivity contribution >= 4 is 11.8 Å². The van der Waals surface area contributed by atoms with E-state index in [2.05, 4.69) is 19.2 Å². The van der Waals surface area contributed by atoms with Crippen LogP contribution in [0.4, 0.5) is 0 Å². The molecule has 1 fully saturated rings. The lowest BCUT2D eigenvalue weighted by atomic mass is 9.97. The first kappa shape index (κ1) is 14.0. The molecule has 1 saturated heterocycles. The average Bonchev–Trinajstić information content (AvgIpc) is 2.37. The summed E-state index contributed by atoms with van der Waals surface area (Å²) in [7, 11) is 0. The van der Waals surface area contributed by atoms with E-state index in [1.54, 1.807) is 0 Å². The van der Waals surface area contributed by atoms with Crippen LogP contribution in [-0.4, -0.2) is 35.3 Å². The van der Waals surface area contributed by atoms with Gasteiger partial charge in [0.1, 0.15) is 5.54 Å². The Labute approximate surface area is 104 Å². The average molecular weight is 240 g/mol. The summed E-state index contributed by atoms with van der Waals surface area (Å²) in [6.07, 6.45) is 2.04. The van der Waals surface area contributed by atoms with Gasteiger partial charge in [-0.2, -0.15) is 0 Å². The molecular weight excluding hydrogens is 216 g/mol. The van der Waals surface area contributed by atoms with Gasteiger partial charge in [-0.25, -0.2) is 0 Å². The molecule has 1 unspecified atom stereocenters. The maximum Gasteiger partial charge on any atom is 0.248 e. The number of carbonyl (C=O) groups is 2. The molecule has 17 heavy (non-hydrogen) atoms. The van der Waals surface area contributed by atoms with Crippen LogP contribution in [0.15, 0.2) is 0 Å². The van der Waals surface area contributed by atoms with Crippen molar-refractivity contribution in [2.75, 3.05) is 13.1 Å². The molecule has 1 heterocycles. The molecule has 1 aliphatic heterocycles. The van der Waals surface area contributed by atoms with Crippen molar-refractivity contribution in [1.82, 2.24) is 10.2 Å². The predicted molar refractivity (Wildman–Crippen MR) is 67.5 cm³/mol.